The fourth-order valence-electron chi connectivity index (χ4n) is 4.87. The molecule has 1 N–H and O–H groups in total. The topological polar surface area (TPSA) is 132 Å². The number of nitrogens with zero attached hydrogens (tertiary/aromatic N) is 1. The summed E-state index contributed by atoms with van der Waals surface area (Å²) in [5.74, 6) is -0.117. The average Bonchev–Trinajstić information content (AvgIpc) is 3.77. The molecule has 1 aliphatic carbocycles. The van der Waals surface area contributed by atoms with Crippen molar-refractivity contribution in [3.05, 3.63) is 18.0 Å². The maximum Gasteiger partial charge on any atom is 0.334 e. The Bertz CT molecular complexity index is 998. The number of pyridine rings is 1. The second-order valence-electron chi connectivity index (χ2n) is 11.2. The normalized spacial score (nSPS) is 23.1. The van der Waals surface area contributed by atoms with Gasteiger partial charge in [0.1, 0.15) is 18.8 Å². The van der Waals surface area contributed by atoms with Crippen molar-refractivity contribution < 1.29 is 42.8 Å². The van der Waals surface area contributed by atoms with Crippen LogP contribution in [-0.4, -0.2) is 74.8 Å². The molecule has 1 aliphatic heterocycles. The molecule has 0 spiro atoms. The lowest BCUT2D eigenvalue weighted by Gasteiger charge is -2.31. The Balaban J connectivity index is 1.70. The predicted molar refractivity (Wildman–Crippen MR) is 150 cm³/mol. The molecule has 1 aromatic heterocycles. The standard InChI is InChI=1S/C30H46N2O9/c1-6-37-17-25(33)39-18-40-28-24(36-5)14-15-31-26(28)29(34)32-23-9-7-8-22(13-10-19(2)3)27(20(4)41-30(23)35)38-16-21-11-12-21/h14-15,19-23,27H,6-13,16-18H2,1-5H3,(H,32,34). The van der Waals surface area contributed by atoms with E-state index in [1.807, 2.05) is 6.92 Å². The Labute approximate surface area is 242 Å². The van der Waals surface area contributed by atoms with E-state index in [1.165, 1.54) is 32.2 Å². The largest absolute Gasteiger partial charge is 0.493 e. The molecule has 0 bridgehead atoms. The van der Waals surface area contributed by atoms with Crippen LogP contribution in [0.15, 0.2) is 12.3 Å². The quantitative estimate of drug-likeness (QED) is 0.240. The lowest BCUT2D eigenvalue weighted by molar-refractivity contribution is -0.161. The van der Waals surface area contributed by atoms with Gasteiger partial charge in [0.05, 0.1) is 13.2 Å². The summed E-state index contributed by atoms with van der Waals surface area (Å²) in [6.45, 7) is 8.42. The highest BCUT2D eigenvalue weighted by molar-refractivity contribution is 5.98. The van der Waals surface area contributed by atoms with Crippen molar-refractivity contribution in [2.45, 2.75) is 90.9 Å². The van der Waals surface area contributed by atoms with E-state index in [0.717, 1.165) is 25.7 Å². The fraction of sp³-hybridized carbons (Fsp3) is 0.733. The molecule has 1 amide bonds. The van der Waals surface area contributed by atoms with Gasteiger partial charge >= 0.3 is 11.9 Å². The summed E-state index contributed by atoms with van der Waals surface area (Å²) >= 11 is 0. The van der Waals surface area contributed by atoms with Crippen LogP contribution in [0.2, 0.25) is 0 Å². The molecule has 4 atom stereocenters. The summed E-state index contributed by atoms with van der Waals surface area (Å²) in [5.41, 5.74) is -0.105. The number of ether oxygens (including phenoxy) is 6. The maximum atomic E-state index is 13.4. The van der Waals surface area contributed by atoms with E-state index in [2.05, 4.69) is 24.1 Å². The van der Waals surface area contributed by atoms with Gasteiger partial charge in [-0.2, -0.15) is 0 Å². The minimum absolute atomic E-state index is 0.0104. The average molecular weight is 579 g/mol. The van der Waals surface area contributed by atoms with Crippen LogP contribution in [0.3, 0.4) is 0 Å². The Morgan fingerprint density at radius 3 is 2.66 bits per heavy atom. The van der Waals surface area contributed by atoms with Crippen molar-refractivity contribution in [3.63, 3.8) is 0 Å². The zero-order valence-corrected chi connectivity index (χ0v) is 25.0. The van der Waals surface area contributed by atoms with E-state index in [4.69, 9.17) is 28.4 Å². The summed E-state index contributed by atoms with van der Waals surface area (Å²) in [6.07, 6.45) is 7.21. The zero-order chi connectivity index (χ0) is 29.8. The van der Waals surface area contributed by atoms with Crippen LogP contribution < -0.4 is 14.8 Å². The van der Waals surface area contributed by atoms with Crippen molar-refractivity contribution in [2.24, 2.45) is 17.8 Å². The molecule has 2 heterocycles. The van der Waals surface area contributed by atoms with Crippen LogP contribution in [0.1, 0.15) is 83.1 Å². The monoisotopic (exact) mass is 578 g/mol. The van der Waals surface area contributed by atoms with Crippen LogP contribution in [0, 0.1) is 17.8 Å². The second-order valence-corrected chi connectivity index (χ2v) is 11.2. The van der Waals surface area contributed by atoms with E-state index in [-0.39, 0.29) is 35.8 Å². The first-order chi connectivity index (χ1) is 19.7. The predicted octanol–water partition coefficient (Wildman–Crippen LogP) is 4.07. The second kappa shape index (κ2) is 16.5. The number of methoxy groups -OCH3 is 1. The van der Waals surface area contributed by atoms with Gasteiger partial charge in [-0.25, -0.2) is 14.6 Å². The van der Waals surface area contributed by atoms with Gasteiger partial charge in [0.25, 0.3) is 5.91 Å². The van der Waals surface area contributed by atoms with E-state index < -0.39 is 36.8 Å². The third-order valence-corrected chi connectivity index (χ3v) is 7.37. The van der Waals surface area contributed by atoms with Gasteiger partial charge in [0, 0.05) is 25.5 Å². The van der Waals surface area contributed by atoms with Crippen molar-refractivity contribution >= 4 is 17.8 Å². The van der Waals surface area contributed by atoms with Gasteiger partial charge < -0.3 is 33.7 Å². The first kappa shape index (κ1) is 32.6. The Kier molecular flexibility index (Phi) is 13.1. The SMILES string of the molecule is CCOCC(=O)OCOc1c(OC)ccnc1C(=O)NC1CCCC(CCC(C)C)C(OCC2CC2)C(C)OC1=O. The third kappa shape index (κ3) is 10.5. The van der Waals surface area contributed by atoms with Gasteiger partial charge in [0.15, 0.2) is 17.2 Å². The summed E-state index contributed by atoms with van der Waals surface area (Å²) in [6, 6.07) is 0.645. The number of cyclic esters (lactones) is 1. The molecular weight excluding hydrogens is 532 g/mol. The number of carbonyl (C=O) groups is 3. The van der Waals surface area contributed by atoms with Gasteiger partial charge in [0.2, 0.25) is 6.79 Å². The van der Waals surface area contributed by atoms with Gasteiger partial charge in [-0.05, 0) is 63.7 Å². The van der Waals surface area contributed by atoms with Crippen molar-refractivity contribution in [1.82, 2.24) is 10.3 Å². The molecule has 230 valence electrons. The van der Waals surface area contributed by atoms with Gasteiger partial charge in [-0.1, -0.05) is 26.7 Å². The number of aromatic nitrogens is 1. The van der Waals surface area contributed by atoms with Crippen molar-refractivity contribution in [3.8, 4) is 11.5 Å². The molecule has 4 unspecified atom stereocenters. The van der Waals surface area contributed by atoms with E-state index >= 15 is 0 Å². The lowest BCUT2D eigenvalue weighted by Crippen LogP contribution is -2.44. The number of rotatable bonds is 15. The smallest absolute Gasteiger partial charge is 0.334 e. The number of hydrogen-bond acceptors (Lipinski definition) is 10. The maximum absolute atomic E-state index is 13.4. The number of hydrogen-bond donors (Lipinski definition) is 1. The van der Waals surface area contributed by atoms with E-state index in [0.29, 0.717) is 31.5 Å². The molecule has 1 aromatic rings. The molecule has 11 heteroatoms. The number of carbonyl (C=O) groups excluding carboxylic acids is 3. The minimum atomic E-state index is -0.872. The molecule has 1 saturated heterocycles. The zero-order valence-electron chi connectivity index (χ0n) is 25.0. The molecule has 1 saturated carbocycles. The number of nitrogens with one attached hydrogen (secondary N) is 1. The minimum Gasteiger partial charge on any atom is -0.493 e. The molecule has 11 nitrogen and oxygen atoms in total. The molecular formula is C30H46N2O9. The number of esters is 2. The Morgan fingerprint density at radius 1 is 1.20 bits per heavy atom. The first-order valence-corrected chi connectivity index (χ1v) is 14.8. The first-order valence-electron chi connectivity index (χ1n) is 14.8. The van der Waals surface area contributed by atoms with Crippen LogP contribution >= 0.6 is 0 Å². The van der Waals surface area contributed by atoms with Gasteiger partial charge in [-0.3, -0.25) is 4.79 Å². The Morgan fingerprint density at radius 2 is 1.98 bits per heavy atom. The van der Waals surface area contributed by atoms with Crippen molar-refractivity contribution in [1.29, 1.82) is 0 Å². The summed E-state index contributed by atoms with van der Waals surface area (Å²) in [7, 11) is 1.42. The van der Waals surface area contributed by atoms with E-state index in [9.17, 15) is 14.4 Å². The van der Waals surface area contributed by atoms with Crippen molar-refractivity contribution in [2.75, 3.05) is 33.7 Å². The summed E-state index contributed by atoms with van der Waals surface area (Å²) < 4.78 is 33.2. The Hall–Kier alpha value is -2.92. The molecule has 2 fully saturated rings. The van der Waals surface area contributed by atoms with Gasteiger partial charge in [-0.15, -0.1) is 0 Å². The van der Waals surface area contributed by atoms with E-state index in [1.54, 1.807) is 6.92 Å². The molecule has 0 aromatic carbocycles. The fourth-order valence-corrected chi connectivity index (χ4v) is 4.87. The number of amides is 1. The van der Waals surface area contributed by atoms with Crippen LogP contribution in [0.4, 0.5) is 0 Å². The molecule has 41 heavy (non-hydrogen) atoms. The van der Waals surface area contributed by atoms with Crippen LogP contribution in [-0.2, 0) is 28.5 Å². The van der Waals surface area contributed by atoms with Crippen LogP contribution in [0.5, 0.6) is 11.5 Å². The molecule has 2 aliphatic rings. The lowest BCUT2D eigenvalue weighted by atomic mass is 9.86. The van der Waals surface area contributed by atoms with Crippen LogP contribution in [0.25, 0.3) is 0 Å². The highest BCUT2D eigenvalue weighted by atomic mass is 16.7. The molecule has 3 rings (SSSR count). The third-order valence-electron chi connectivity index (χ3n) is 7.37. The highest BCUT2D eigenvalue weighted by Gasteiger charge is 2.36. The molecule has 0 radical (unpaired) electrons. The summed E-state index contributed by atoms with van der Waals surface area (Å²) in [5, 5.41) is 2.78. The summed E-state index contributed by atoms with van der Waals surface area (Å²) in [4.78, 5) is 42.6. The highest BCUT2D eigenvalue weighted by Crippen LogP contribution is 2.34.